The van der Waals surface area contributed by atoms with E-state index in [1.807, 2.05) is 0 Å². The number of rotatable bonds is 3. The Morgan fingerprint density at radius 1 is 1.50 bits per heavy atom. The van der Waals surface area contributed by atoms with Crippen LogP contribution in [0.25, 0.3) is 0 Å². The van der Waals surface area contributed by atoms with Gasteiger partial charge < -0.3 is 5.32 Å². The zero-order valence-electron chi connectivity index (χ0n) is 8.33. The van der Waals surface area contributed by atoms with Crippen LogP contribution in [0.1, 0.15) is 26.2 Å². The molecule has 0 saturated heterocycles. The normalized spacial score (nSPS) is 18.7. The van der Waals surface area contributed by atoms with Gasteiger partial charge in [-0.3, -0.25) is 0 Å². The van der Waals surface area contributed by atoms with Crippen molar-refractivity contribution in [3.63, 3.8) is 0 Å². The summed E-state index contributed by atoms with van der Waals surface area (Å²) in [6.07, 6.45) is 3.89. The third-order valence-electron chi connectivity index (χ3n) is 2.95. The molecular weight excluding hydrogens is 179 g/mol. The second kappa shape index (κ2) is 3.95. The maximum atomic E-state index is 12.8. The molecule has 1 aromatic heterocycles. The minimum Gasteiger partial charge on any atom is -0.367 e. The largest absolute Gasteiger partial charge is 0.367 e. The molecule has 76 valence electrons. The van der Waals surface area contributed by atoms with Crippen LogP contribution in [0.4, 0.5) is 10.2 Å². The maximum absolute atomic E-state index is 12.8. The molecule has 1 heterocycles. The van der Waals surface area contributed by atoms with Gasteiger partial charge in [-0.2, -0.15) is 4.39 Å². The second-order valence-electron chi connectivity index (χ2n) is 3.97. The molecule has 0 bridgehead atoms. The lowest BCUT2D eigenvalue weighted by molar-refractivity contribution is 0.284. The number of nitrogens with zero attached hydrogens (tertiary/aromatic N) is 1. The standard InChI is InChI=1S/C11H15FN2/c1-8(9-4-2-5-9)13-11-7-3-6-10(12)14-11/h3,6-9H,2,4-5H2,1H3,(H,13,14)/t8-/m1/s1. The van der Waals surface area contributed by atoms with E-state index in [4.69, 9.17) is 0 Å². The number of aromatic nitrogens is 1. The summed E-state index contributed by atoms with van der Waals surface area (Å²) in [4.78, 5) is 3.78. The predicted octanol–water partition coefficient (Wildman–Crippen LogP) is 2.82. The fraction of sp³-hybridized carbons (Fsp3) is 0.545. The molecule has 0 unspecified atom stereocenters. The van der Waals surface area contributed by atoms with E-state index >= 15 is 0 Å². The average Bonchev–Trinajstić information content (AvgIpc) is 1.99. The Morgan fingerprint density at radius 3 is 2.86 bits per heavy atom. The van der Waals surface area contributed by atoms with E-state index < -0.39 is 5.95 Å². The van der Waals surface area contributed by atoms with Gasteiger partial charge in [0, 0.05) is 6.04 Å². The molecule has 1 atom stereocenters. The Kier molecular flexibility index (Phi) is 2.66. The van der Waals surface area contributed by atoms with E-state index in [2.05, 4.69) is 17.2 Å². The first-order valence-corrected chi connectivity index (χ1v) is 5.15. The number of nitrogens with one attached hydrogen (secondary N) is 1. The zero-order chi connectivity index (χ0) is 9.97. The van der Waals surface area contributed by atoms with Crippen LogP contribution >= 0.6 is 0 Å². The second-order valence-corrected chi connectivity index (χ2v) is 3.97. The number of hydrogen-bond acceptors (Lipinski definition) is 2. The molecule has 0 aromatic carbocycles. The average molecular weight is 194 g/mol. The van der Waals surface area contributed by atoms with Crippen molar-refractivity contribution < 1.29 is 4.39 Å². The Bertz CT molecular complexity index is 310. The van der Waals surface area contributed by atoms with E-state index in [0.29, 0.717) is 11.9 Å². The highest BCUT2D eigenvalue weighted by atomic mass is 19.1. The molecule has 3 heteroatoms. The molecular formula is C11H15FN2. The van der Waals surface area contributed by atoms with Crippen LogP contribution in [0.5, 0.6) is 0 Å². The SMILES string of the molecule is C[C@@H](Nc1cccc(F)n1)C1CCC1. The molecule has 2 nitrogen and oxygen atoms in total. The van der Waals surface area contributed by atoms with Gasteiger partial charge in [-0.15, -0.1) is 0 Å². The molecule has 2 rings (SSSR count). The first-order chi connectivity index (χ1) is 6.75. The third kappa shape index (κ3) is 2.03. The molecule has 1 N–H and O–H groups in total. The van der Waals surface area contributed by atoms with Crippen molar-refractivity contribution in [2.24, 2.45) is 5.92 Å². The van der Waals surface area contributed by atoms with Crippen molar-refractivity contribution in [1.29, 1.82) is 0 Å². The van der Waals surface area contributed by atoms with Crippen LogP contribution in [0.15, 0.2) is 18.2 Å². The van der Waals surface area contributed by atoms with Crippen LogP contribution in [0.3, 0.4) is 0 Å². The summed E-state index contributed by atoms with van der Waals surface area (Å²) in [5.41, 5.74) is 0. The summed E-state index contributed by atoms with van der Waals surface area (Å²) in [6.45, 7) is 2.14. The molecule has 1 saturated carbocycles. The van der Waals surface area contributed by atoms with E-state index in [0.717, 1.165) is 5.92 Å². The third-order valence-corrected chi connectivity index (χ3v) is 2.95. The van der Waals surface area contributed by atoms with Gasteiger partial charge in [0.25, 0.3) is 0 Å². The summed E-state index contributed by atoms with van der Waals surface area (Å²) in [7, 11) is 0. The molecule has 0 amide bonds. The van der Waals surface area contributed by atoms with Crippen molar-refractivity contribution in [2.75, 3.05) is 5.32 Å². The van der Waals surface area contributed by atoms with Gasteiger partial charge in [-0.1, -0.05) is 12.5 Å². The molecule has 1 fully saturated rings. The molecule has 14 heavy (non-hydrogen) atoms. The fourth-order valence-corrected chi connectivity index (χ4v) is 1.78. The minimum absolute atomic E-state index is 0.401. The van der Waals surface area contributed by atoms with E-state index in [1.165, 1.54) is 25.3 Å². The fourth-order valence-electron chi connectivity index (χ4n) is 1.78. The van der Waals surface area contributed by atoms with Crippen LogP contribution < -0.4 is 5.32 Å². The minimum atomic E-state index is -0.421. The van der Waals surface area contributed by atoms with Crippen LogP contribution in [0, 0.1) is 11.9 Å². The Labute approximate surface area is 83.6 Å². The lowest BCUT2D eigenvalue weighted by Crippen LogP contribution is -2.31. The topological polar surface area (TPSA) is 24.9 Å². The Hall–Kier alpha value is -1.12. The first-order valence-electron chi connectivity index (χ1n) is 5.15. The van der Waals surface area contributed by atoms with Crippen LogP contribution in [-0.2, 0) is 0 Å². The first kappa shape index (κ1) is 9.44. The highest BCUT2D eigenvalue weighted by Gasteiger charge is 2.23. The molecule has 0 radical (unpaired) electrons. The van der Waals surface area contributed by atoms with Crippen molar-refractivity contribution in [3.8, 4) is 0 Å². The van der Waals surface area contributed by atoms with Crippen molar-refractivity contribution in [1.82, 2.24) is 4.98 Å². The summed E-state index contributed by atoms with van der Waals surface area (Å²) < 4.78 is 12.8. The number of pyridine rings is 1. The van der Waals surface area contributed by atoms with Gasteiger partial charge in [0.15, 0.2) is 0 Å². The van der Waals surface area contributed by atoms with Crippen molar-refractivity contribution >= 4 is 5.82 Å². The lowest BCUT2D eigenvalue weighted by atomic mass is 9.80. The van der Waals surface area contributed by atoms with Gasteiger partial charge in [-0.05, 0) is 37.8 Å². The lowest BCUT2D eigenvalue weighted by Gasteiger charge is -2.32. The zero-order valence-corrected chi connectivity index (χ0v) is 8.33. The van der Waals surface area contributed by atoms with Crippen LogP contribution in [-0.4, -0.2) is 11.0 Å². The van der Waals surface area contributed by atoms with E-state index in [-0.39, 0.29) is 0 Å². The molecule has 1 aliphatic rings. The number of hydrogen-bond donors (Lipinski definition) is 1. The highest BCUT2D eigenvalue weighted by Crippen LogP contribution is 2.30. The Balaban J connectivity index is 1.95. The summed E-state index contributed by atoms with van der Waals surface area (Å²) in [5, 5.41) is 3.23. The summed E-state index contributed by atoms with van der Waals surface area (Å²) >= 11 is 0. The summed E-state index contributed by atoms with van der Waals surface area (Å²) in [6, 6.07) is 5.24. The summed E-state index contributed by atoms with van der Waals surface area (Å²) in [5.74, 6) is 0.959. The smallest absolute Gasteiger partial charge is 0.214 e. The molecule has 0 spiro atoms. The van der Waals surface area contributed by atoms with Crippen molar-refractivity contribution in [3.05, 3.63) is 24.1 Å². The van der Waals surface area contributed by atoms with Gasteiger partial charge in [0.1, 0.15) is 5.82 Å². The van der Waals surface area contributed by atoms with E-state index in [1.54, 1.807) is 12.1 Å². The van der Waals surface area contributed by atoms with Crippen LogP contribution in [0.2, 0.25) is 0 Å². The Morgan fingerprint density at radius 2 is 2.29 bits per heavy atom. The molecule has 1 aliphatic carbocycles. The molecule has 0 aliphatic heterocycles. The number of anilines is 1. The van der Waals surface area contributed by atoms with Gasteiger partial charge in [0.05, 0.1) is 0 Å². The van der Waals surface area contributed by atoms with Gasteiger partial charge in [-0.25, -0.2) is 4.98 Å². The highest BCUT2D eigenvalue weighted by molar-refractivity contribution is 5.34. The maximum Gasteiger partial charge on any atom is 0.214 e. The monoisotopic (exact) mass is 194 g/mol. The quantitative estimate of drug-likeness (QED) is 0.748. The van der Waals surface area contributed by atoms with Gasteiger partial charge in [0.2, 0.25) is 5.95 Å². The van der Waals surface area contributed by atoms with Crippen molar-refractivity contribution in [2.45, 2.75) is 32.2 Å². The van der Waals surface area contributed by atoms with Gasteiger partial charge >= 0.3 is 0 Å². The molecule has 1 aromatic rings. The number of halogens is 1. The predicted molar refractivity (Wildman–Crippen MR) is 54.6 cm³/mol. The van der Waals surface area contributed by atoms with E-state index in [9.17, 15) is 4.39 Å².